The van der Waals surface area contributed by atoms with Gasteiger partial charge in [-0.15, -0.1) is 0 Å². The maximum atomic E-state index is 8.25. The Morgan fingerprint density at radius 1 is 1.33 bits per heavy atom. The van der Waals surface area contributed by atoms with E-state index in [-0.39, 0.29) is 110 Å². The van der Waals surface area contributed by atoms with Crippen LogP contribution in [0.1, 0.15) is 0 Å². The summed E-state index contributed by atoms with van der Waals surface area (Å²) in [5.41, 5.74) is 0. The van der Waals surface area contributed by atoms with E-state index >= 15 is 0 Å². The van der Waals surface area contributed by atoms with Crippen molar-refractivity contribution in [2.75, 3.05) is 0 Å². The molecule has 0 bridgehead atoms. The van der Waals surface area contributed by atoms with Gasteiger partial charge in [0.1, 0.15) is 0 Å². The summed E-state index contributed by atoms with van der Waals surface area (Å²) in [6.07, 6.45) is 0. The Morgan fingerprint density at radius 3 is 1.33 bits per heavy atom. The molecule has 0 fully saturated rings. The molecule has 0 aromatic rings. The van der Waals surface area contributed by atoms with Gasteiger partial charge >= 0.3 is 110 Å². The largest absolute Gasteiger partial charge is 1.00 e. The van der Waals surface area contributed by atoms with Gasteiger partial charge in [-0.25, -0.2) is 0 Å². The molecule has 6 heavy (non-hydrogen) atoms. The molecular formula is HKNO3Rb. The number of rotatable bonds is 0. The number of hydrogen-bond acceptors (Lipinski definition) is 3. The quantitative estimate of drug-likeness (QED) is 0.221. The Bertz CT molecular complexity index is 33.8. The Labute approximate surface area is 126 Å². The average Bonchev–Trinajstić information content (AvgIpc) is 0.811. The third kappa shape index (κ3) is 30.3. The molecule has 0 N–H and O–H groups in total. The van der Waals surface area contributed by atoms with Crippen molar-refractivity contribution in [1.82, 2.24) is 0 Å². The summed E-state index contributed by atoms with van der Waals surface area (Å²) in [6, 6.07) is 0. The molecule has 0 spiro atoms. The van der Waals surface area contributed by atoms with Crippen LogP contribution < -0.4 is 58.2 Å². The average molecular weight is 188 g/mol. The van der Waals surface area contributed by atoms with Crippen LogP contribution in [0, 0.1) is 15.3 Å². The fourth-order valence-corrected chi connectivity index (χ4v) is 0. The minimum absolute atomic E-state index is 0. The molecule has 0 aromatic carbocycles. The molecule has 0 aliphatic rings. The molecule has 0 aliphatic carbocycles. The minimum atomic E-state index is -1.75. The molecule has 0 heterocycles. The molecule has 0 saturated heterocycles. The molecule has 0 aliphatic heterocycles. The van der Waals surface area contributed by atoms with E-state index in [0.717, 1.165) is 0 Å². The van der Waals surface area contributed by atoms with E-state index in [1.807, 2.05) is 0 Å². The van der Waals surface area contributed by atoms with Crippen molar-refractivity contribution in [1.29, 1.82) is 0 Å². The van der Waals surface area contributed by atoms with Crippen molar-refractivity contribution in [2.45, 2.75) is 0 Å². The first-order valence-electron chi connectivity index (χ1n) is 0.548. The summed E-state index contributed by atoms with van der Waals surface area (Å²) in [4.78, 5) is 8.25. The molecule has 0 rings (SSSR count). The van der Waals surface area contributed by atoms with Crippen LogP contribution in [0.2, 0.25) is 0 Å². The second-order valence-electron chi connectivity index (χ2n) is 0.224. The molecule has 6 heteroatoms. The first kappa shape index (κ1) is 15.9. The molecule has 4 nitrogen and oxygen atoms in total. The molecule has 0 aromatic heterocycles. The van der Waals surface area contributed by atoms with Crippen molar-refractivity contribution in [3.63, 3.8) is 0 Å². The zero-order valence-electron chi connectivity index (χ0n) is 2.67. The first-order chi connectivity index (χ1) is 1.73. The van der Waals surface area contributed by atoms with Gasteiger partial charge in [-0.3, -0.25) is 0 Å². The van der Waals surface area contributed by atoms with Crippen molar-refractivity contribution in [2.24, 2.45) is 0 Å². The third-order valence-electron chi connectivity index (χ3n) is 0. The normalized spacial score (nSPS) is 4.00. The van der Waals surface area contributed by atoms with Gasteiger partial charge in [0.15, 0.2) is 0 Å². The fourth-order valence-electron chi connectivity index (χ4n) is 0. The van der Waals surface area contributed by atoms with Crippen molar-refractivity contribution >= 4 is 51.4 Å². The van der Waals surface area contributed by atoms with E-state index < -0.39 is 5.09 Å². The Kier molecular flexibility index (Phi) is 28.0. The molecule has 0 unspecified atom stereocenters. The molecule has 0 saturated carbocycles. The van der Waals surface area contributed by atoms with Crippen LogP contribution in [-0.4, -0.2) is 56.5 Å². The molecule has 0 atom stereocenters. The third-order valence-corrected chi connectivity index (χ3v) is 0. The summed E-state index contributed by atoms with van der Waals surface area (Å²) in [5.74, 6) is 0. The van der Waals surface area contributed by atoms with Gasteiger partial charge in [0, 0.05) is 0 Å². The van der Waals surface area contributed by atoms with E-state index in [0.29, 0.717) is 0 Å². The van der Waals surface area contributed by atoms with E-state index in [4.69, 9.17) is 15.3 Å². The van der Waals surface area contributed by atoms with Crippen LogP contribution in [0.5, 0.6) is 0 Å². The van der Waals surface area contributed by atoms with E-state index in [9.17, 15) is 0 Å². The van der Waals surface area contributed by atoms with Gasteiger partial charge in [-0.1, -0.05) is 0 Å². The van der Waals surface area contributed by atoms with Crippen LogP contribution in [0.3, 0.4) is 0 Å². The van der Waals surface area contributed by atoms with Crippen LogP contribution in [-0.2, 0) is 0 Å². The molecule has 0 amide bonds. The van der Waals surface area contributed by atoms with Crippen LogP contribution in [0.25, 0.3) is 0 Å². The maximum absolute atomic E-state index is 8.25. The van der Waals surface area contributed by atoms with Gasteiger partial charge in [-0.2, -0.15) is 0 Å². The first-order valence-corrected chi connectivity index (χ1v) is 0.548. The van der Waals surface area contributed by atoms with Gasteiger partial charge in [0.2, 0.25) is 0 Å². The topological polar surface area (TPSA) is 66.2 Å². The monoisotopic (exact) mass is 187 g/mol. The van der Waals surface area contributed by atoms with Gasteiger partial charge in [0.05, 0.1) is 5.09 Å². The zero-order valence-corrected chi connectivity index (χ0v) is 7.59. The maximum Gasteiger partial charge on any atom is 1.00 e. The summed E-state index contributed by atoms with van der Waals surface area (Å²) in [6.45, 7) is 0. The summed E-state index contributed by atoms with van der Waals surface area (Å²) >= 11 is 0. The van der Waals surface area contributed by atoms with Crippen molar-refractivity contribution in [3.05, 3.63) is 15.3 Å². The number of nitrogens with zero attached hydrogens (tertiary/aromatic N) is 1. The summed E-state index contributed by atoms with van der Waals surface area (Å²) < 4.78 is 0. The molecule has 26 valence electrons. The minimum Gasteiger partial charge on any atom is 1.00 e. The van der Waals surface area contributed by atoms with E-state index in [1.54, 1.807) is 0 Å². The number of hydrogen-bond donors (Lipinski definition) is 0. The van der Waals surface area contributed by atoms with Gasteiger partial charge < -0.3 is 15.3 Å². The molecular weight excluding hydrogens is 187 g/mol. The van der Waals surface area contributed by atoms with E-state index in [1.165, 1.54) is 0 Å². The Morgan fingerprint density at radius 2 is 1.33 bits per heavy atom. The van der Waals surface area contributed by atoms with Gasteiger partial charge in [-0.05, 0) is 0 Å². The smallest absolute Gasteiger partial charge is 1.00 e. The van der Waals surface area contributed by atoms with Crippen LogP contribution >= 0.6 is 0 Å². The van der Waals surface area contributed by atoms with Crippen LogP contribution in [0.4, 0.5) is 0 Å². The summed E-state index contributed by atoms with van der Waals surface area (Å²) in [7, 11) is 0. The fraction of sp³-hybridized carbons (Fsp3) is 0. The van der Waals surface area contributed by atoms with E-state index in [2.05, 4.69) is 0 Å². The van der Waals surface area contributed by atoms with Crippen molar-refractivity contribution < 1.29 is 63.3 Å². The van der Waals surface area contributed by atoms with Gasteiger partial charge in [0.25, 0.3) is 0 Å². The zero-order chi connectivity index (χ0) is 3.58. The predicted octanol–water partition coefficient (Wildman–Crippen LogP) is -3.88. The molecule has 0 radical (unpaired) electrons. The SMILES string of the molecule is O=[N+]([O-])[O-].[KH].[Rb+]. The summed E-state index contributed by atoms with van der Waals surface area (Å²) in [5, 5.41) is 14.8. The Hall–Kier alpha value is 2.64. The second-order valence-corrected chi connectivity index (χ2v) is 0.224. The van der Waals surface area contributed by atoms with Crippen LogP contribution in [0.15, 0.2) is 0 Å². The standard InChI is InChI=1S/K.NO3.Rb.H/c;2-1(3)4;;/q;-1;+1;. The second kappa shape index (κ2) is 10.6. The van der Waals surface area contributed by atoms with Crippen molar-refractivity contribution in [3.8, 4) is 0 Å². The predicted molar refractivity (Wildman–Crippen MR) is 17.5 cm³/mol. The Balaban J connectivity index is -0.0000000450.